The molecule has 2 N–H and O–H groups in total. The summed E-state index contributed by atoms with van der Waals surface area (Å²) >= 11 is 3.47. The highest BCUT2D eigenvalue weighted by molar-refractivity contribution is 9.10. The quantitative estimate of drug-likeness (QED) is 0.786. The molecule has 0 heterocycles. The standard InChI is InChI=1S/C13H17BrN2O2/c1-17-12-9-10(4-6-16)8-11(14)13(12)18-7-3-2-5-15/h8-9H,2-4,6-7,16H2,1H3. The van der Waals surface area contributed by atoms with E-state index in [9.17, 15) is 0 Å². The Morgan fingerprint density at radius 2 is 2.22 bits per heavy atom. The van der Waals surface area contributed by atoms with Gasteiger partial charge in [0.05, 0.1) is 24.3 Å². The number of hydrogen-bond donors (Lipinski definition) is 1. The van der Waals surface area contributed by atoms with E-state index in [2.05, 4.69) is 22.0 Å². The first-order valence-electron chi connectivity index (χ1n) is 5.79. The van der Waals surface area contributed by atoms with Crippen molar-refractivity contribution in [2.24, 2.45) is 5.73 Å². The highest BCUT2D eigenvalue weighted by Gasteiger charge is 2.11. The van der Waals surface area contributed by atoms with Gasteiger partial charge in [0.25, 0.3) is 0 Å². The molecule has 5 heteroatoms. The average Bonchev–Trinajstić information content (AvgIpc) is 2.36. The van der Waals surface area contributed by atoms with Crippen molar-refractivity contribution in [3.05, 3.63) is 22.2 Å². The van der Waals surface area contributed by atoms with Crippen molar-refractivity contribution < 1.29 is 9.47 Å². The summed E-state index contributed by atoms with van der Waals surface area (Å²) in [7, 11) is 1.61. The number of ether oxygens (including phenoxy) is 2. The van der Waals surface area contributed by atoms with E-state index in [0.29, 0.717) is 37.5 Å². The molecular weight excluding hydrogens is 296 g/mol. The van der Waals surface area contributed by atoms with Crippen molar-refractivity contribution in [2.45, 2.75) is 19.3 Å². The third-order valence-corrected chi connectivity index (χ3v) is 2.99. The van der Waals surface area contributed by atoms with Crippen LogP contribution in [0.1, 0.15) is 18.4 Å². The van der Waals surface area contributed by atoms with Gasteiger partial charge >= 0.3 is 0 Å². The van der Waals surface area contributed by atoms with Crippen LogP contribution in [-0.2, 0) is 6.42 Å². The molecule has 0 saturated heterocycles. The molecular formula is C13H17BrN2O2. The summed E-state index contributed by atoms with van der Waals surface area (Å²) in [6.07, 6.45) is 1.99. The number of nitrogens with zero attached hydrogens (tertiary/aromatic N) is 1. The van der Waals surface area contributed by atoms with E-state index in [1.54, 1.807) is 7.11 Å². The maximum absolute atomic E-state index is 8.46. The second-order valence-electron chi connectivity index (χ2n) is 3.76. The fraction of sp³-hybridized carbons (Fsp3) is 0.462. The Morgan fingerprint density at radius 3 is 2.83 bits per heavy atom. The second kappa shape index (κ2) is 7.96. The van der Waals surface area contributed by atoms with Crippen LogP contribution in [0.3, 0.4) is 0 Å². The van der Waals surface area contributed by atoms with Gasteiger partial charge in [0.1, 0.15) is 0 Å². The van der Waals surface area contributed by atoms with Crippen LogP contribution in [0.25, 0.3) is 0 Å². The Morgan fingerprint density at radius 1 is 1.44 bits per heavy atom. The van der Waals surface area contributed by atoms with Crippen LogP contribution in [0.2, 0.25) is 0 Å². The fourth-order valence-electron chi connectivity index (χ4n) is 1.55. The Balaban J connectivity index is 2.80. The van der Waals surface area contributed by atoms with E-state index in [-0.39, 0.29) is 0 Å². The Labute approximate surface area is 116 Å². The first-order valence-corrected chi connectivity index (χ1v) is 6.58. The Hall–Kier alpha value is -1.25. The Bertz CT molecular complexity index is 430. The van der Waals surface area contributed by atoms with E-state index >= 15 is 0 Å². The van der Waals surface area contributed by atoms with Gasteiger partial charge in [0.15, 0.2) is 11.5 Å². The number of methoxy groups -OCH3 is 1. The lowest BCUT2D eigenvalue weighted by Crippen LogP contribution is -2.04. The lowest BCUT2D eigenvalue weighted by atomic mass is 10.1. The van der Waals surface area contributed by atoms with Gasteiger partial charge in [-0.2, -0.15) is 5.26 Å². The first kappa shape index (κ1) is 14.8. The monoisotopic (exact) mass is 312 g/mol. The molecule has 0 aliphatic heterocycles. The number of hydrogen-bond acceptors (Lipinski definition) is 4. The van der Waals surface area contributed by atoms with Gasteiger partial charge in [0, 0.05) is 6.42 Å². The Kier molecular flexibility index (Phi) is 6.55. The topological polar surface area (TPSA) is 68.3 Å². The van der Waals surface area contributed by atoms with Crippen molar-refractivity contribution in [1.29, 1.82) is 5.26 Å². The molecule has 0 aliphatic carbocycles. The van der Waals surface area contributed by atoms with Crippen LogP contribution in [0.5, 0.6) is 11.5 Å². The predicted octanol–water partition coefficient (Wildman–Crippen LogP) is 2.64. The van der Waals surface area contributed by atoms with Crippen molar-refractivity contribution in [2.75, 3.05) is 20.3 Å². The van der Waals surface area contributed by atoms with Crippen LogP contribution < -0.4 is 15.2 Å². The van der Waals surface area contributed by atoms with E-state index in [1.807, 2.05) is 12.1 Å². The number of unbranched alkanes of at least 4 members (excludes halogenated alkanes) is 1. The van der Waals surface area contributed by atoms with Crippen LogP contribution >= 0.6 is 15.9 Å². The molecule has 0 atom stereocenters. The third kappa shape index (κ3) is 4.21. The van der Waals surface area contributed by atoms with E-state index in [1.165, 1.54) is 0 Å². The minimum Gasteiger partial charge on any atom is -0.493 e. The van der Waals surface area contributed by atoms with Gasteiger partial charge in [-0.1, -0.05) is 0 Å². The molecule has 98 valence electrons. The fourth-order valence-corrected chi connectivity index (χ4v) is 2.15. The molecule has 4 nitrogen and oxygen atoms in total. The molecule has 18 heavy (non-hydrogen) atoms. The molecule has 0 fully saturated rings. The molecule has 0 unspecified atom stereocenters. The lowest BCUT2D eigenvalue weighted by molar-refractivity contribution is 0.288. The maximum atomic E-state index is 8.46. The zero-order chi connectivity index (χ0) is 13.4. The number of benzene rings is 1. The SMILES string of the molecule is COc1cc(CCN)cc(Br)c1OCCCC#N. The van der Waals surface area contributed by atoms with Gasteiger partial charge in [-0.25, -0.2) is 0 Å². The van der Waals surface area contributed by atoms with Crippen LogP contribution in [-0.4, -0.2) is 20.3 Å². The average molecular weight is 313 g/mol. The molecule has 0 aromatic heterocycles. The largest absolute Gasteiger partial charge is 0.493 e. The minimum atomic E-state index is 0.491. The van der Waals surface area contributed by atoms with Crippen molar-refractivity contribution in [1.82, 2.24) is 0 Å². The molecule has 0 bridgehead atoms. The van der Waals surface area contributed by atoms with E-state index in [0.717, 1.165) is 16.5 Å². The van der Waals surface area contributed by atoms with Crippen LogP contribution in [0.4, 0.5) is 0 Å². The zero-order valence-electron chi connectivity index (χ0n) is 10.4. The van der Waals surface area contributed by atoms with Crippen molar-refractivity contribution >= 4 is 15.9 Å². The summed E-state index contributed by atoms with van der Waals surface area (Å²) < 4.78 is 11.8. The summed E-state index contributed by atoms with van der Waals surface area (Å²) in [5.74, 6) is 1.36. The maximum Gasteiger partial charge on any atom is 0.175 e. The molecule has 1 aromatic carbocycles. The number of nitriles is 1. The van der Waals surface area contributed by atoms with E-state index < -0.39 is 0 Å². The van der Waals surface area contributed by atoms with Gasteiger partial charge in [0.2, 0.25) is 0 Å². The summed E-state index contributed by atoms with van der Waals surface area (Å²) in [4.78, 5) is 0. The summed E-state index contributed by atoms with van der Waals surface area (Å²) in [5, 5.41) is 8.46. The molecule has 0 spiro atoms. The summed E-state index contributed by atoms with van der Waals surface area (Å²) in [6.45, 7) is 1.09. The molecule has 1 aromatic rings. The highest BCUT2D eigenvalue weighted by atomic mass is 79.9. The summed E-state index contributed by atoms with van der Waals surface area (Å²) in [6, 6.07) is 6.00. The van der Waals surface area contributed by atoms with Crippen molar-refractivity contribution in [3.8, 4) is 17.6 Å². The molecule has 0 saturated carbocycles. The molecule has 0 radical (unpaired) electrons. The van der Waals surface area contributed by atoms with Gasteiger partial charge < -0.3 is 15.2 Å². The smallest absolute Gasteiger partial charge is 0.175 e. The lowest BCUT2D eigenvalue weighted by Gasteiger charge is -2.13. The minimum absolute atomic E-state index is 0.491. The summed E-state index contributed by atoms with van der Waals surface area (Å²) in [5.41, 5.74) is 6.64. The van der Waals surface area contributed by atoms with Gasteiger partial charge in [-0.15, -0.1) is 0 Å². The van der Waals surface area contributed by atoms with E-state index in [4.69, 9.17) is 20.5 Å². The second-order valence-corrected chi connectivity index (χ2v) is 4.61. The predicted molar refractivity (Wildman–Crippen MR) is 73.8 cm³/mol. The first-order chi connectivity index (χ1) is 8.72. The number of nitrogens with two attached hydrogens (primary N) is 1. The third-order valence-electron chi connectivity index (χ3n) is 2.40. The van der Waals surface area contributed by atoms with Crippen LogP contribution in [0, 0.1) is 11.3 Å². The number of halogens is 1. The zero-order valence-corrected chi connectivity index (χ0v) is 12.0. The van der Waals surface area contributed by atoms with Gasteiger partial charge in [-0.3, -0.25) is 0 Å². The number of rotatable bonds is 7. The van der Waals surface area contributed by atoms with Crippen LogP contribution in [0.15, 0.2) is 16.6 Å². The molecule has 0 aliphatic rings. The molecule has 1 rings (SSSR count). The van der Waals surface area contributed by atoms with Crippen molar-refractivity contribution in [3.63, 3.8) is 0 Å². The van der Waals surface area contributed by atoms with Gasteiger partial charge in [-0.05, 0) is 53.0 Å². The molecule has 0 amide bonds. The normalized spacial score (nSPS) is 9.89. The highest BCUT2D eigenvalue weighted by Crippen LogP contribution is 2.36.